The molecule has 1 amide bonds. The zero-order chi connectivity index (χ0) is 11.2. The summed E-state index contributed by atoms with van der Waals surface area (Å²) < 4.78 is 0. The summed E-state index contributed by atoms with van der Waals surface area (Å²) in [6.07, 6.45) is 3.90. The Labute approximate surface area is 92.5 Å². The third-order valence-electron chi connectivity index (χ3n) is 3.20. The van der Waals surface area contributed by atoms with Crippen molar-refractivity contribution in [3.63, 3.8) is 0 Å². The zero-order valence-electron chi connectivity index (χ0n) is 8.86. The van der Waals surface area contributed by atoms with E-state index >= 15 is 0 Å². The molecule has 0 bridgehead atoms. The molecular weight excluding hydrogens is 208 g/mol. The maximum Gasteiger partial charge on any atom is 0.291 e. The Kier molecular flexibility index (Phi) is 2.00. The van der Waals surface area contributed by atoms with Gasteiger partial charge in [0.1, 0.15) is 5.82 Å². The van der Waals surface area contributed by atoms with Crippen LogP contribution in [0.4, 0.5) is 0 Å². The fourth-order valence-corrected chi connectivity index (χ4v) is 1.69. The summed E-state index contributed by atoms with van der Waals surface area (Å²) in [5.41, 5.74) is -0.405. The highest BCUT2D eigenvalue weighted by molar-refractivity contribution is 5.91. The third-order valence-corrected chi connectivity index (χ3v) is 3.20. The summed E-state index contributed by atoms with van der Waals surface area (Å²) in [7, 11) is 0. The van der Waals surface area contributed by atoms with Crippen molar-refractivity contribution in [2.24, 2.45) is 0 Å². The van der Waals surface area contributed by atoms with E-state index in [2.05, 4.69) is 20.5 Å². The van der Waals surface area contributed by atoms with Gasteiger partial charge in [-0.1, -0.05) is 0 Å². The van der Waals surface area contributed by atoms with Crippen LogP contribution in [-0.4, -0.2) is 38.3 Å². The molecule has 0 aliphatic heterocycles. The first-order valence-corrected chi connectivity index (χ1v) is 5.58. The summed E-state index contributed by atoms with van der Waals surface area (Å²) in [5, 5.41) is 18.5. The van der Waals surface area contributed by atoms with Gasteiger partial charge in [-0.05, 0) is 25.7 Å². The standard InChI is InChI=1S/C10H14N4O2/c15-5-10(3-4-10)12-9(16)8-11-7(13-14-8)6-1-2-6/h6,15H,1-5H2,(H,12,16)(H,11,13,14). The topological polar surface area (TPSA) is 90.9 Å². The number of aliphatic hydroxyl groups excluding tert-OH is 1. The van der Waals surface area contributed by atoms with Crippen LogP contribution >= 0.6 is 0 Å². The molecule has 16 heavy (non-hydrogen) atoms. The normalized spacial score (nSPS) is 21.8. The number of aromatic amines is 1. The number of carbonyl (C=O) groups is 1. The highest BCUT2D eigenvalue weighted by Crippen LogP contribution is 2.38. The average molecular weight is 222 g/mol. The maximum absolute atomic E-state index is 11.7. The molecule has 0 radical (unpaired) electrons. The summed E-state index contributed by atoms with van der Waals surface area (Å²) in [6.45, 7) is -0.0152. The van der Waals surface area contributed by atoms with Gasteiger partial charge in [0.2, 0.25) is 5.82 Å². The van der Waals surface area contributed by atoms with Gasteiger partial charge < -0.3 is 10.4 Å². The van der Waals surface area contributed by atoms with Gasteiger partial charge >= 0.3 is 0 Å². The Bertz CT molecular complexity index is 420. The van der Waals surface area contributed by atoms with E-state index in [9.17, 15) is 4.79 Å². The van der Waals surface area contributed by atoms with Gasteiger partial charge in [-0.15, -0.1) is 5.10 Å². The van der Waals surface area contributed by atoms with Crippen LogP contribution in [0, 0.1) is 0 Å². The van der Waals surface area contributed by atoms with Gasteiger partial charge in [0.15, 0.2) is 0 Å². The van der Waals surface area contributed by atoms with Gasteiger partial charge in [-0.3, -0.25) is 9.89 Å². The molecule has 3 rings (SSSR count). The molecule has 0 aromatic carbocycles. The van der Waals surface area contributed by atoms with E-state index in [1.165, 1.54) is 0 Å². The van der Waals surface area contributed by atoms with Gasteiger partial charge in [0.05, 0.1) is 12.1 Å². The molecule has 0 atom stereocenters. The first kappa shape index (κ1) is 9.77. The zero-order valence-corrected chi connectivity index (χ0v) is 8.86. The van der Waals surface area contributed by atoms with Crippen LogP contribution in [-0.2, 0) is 0 Å². The lowest BCUT2D eigenvalue weighted by Gasteiger charge is -2.11. The Morgan fingerprint density at radius 3 is 2.88 bits per heavy atom. The number of aromatic nitrogens is 3. The van der Waals surface area contributed by atoms with Crippen molar-refractivity contribution < 1.29 is 9.90 Å². The number of amides is 1. The molecule has 2 aliphatic rings. The van der Waals surface area contributed by atoms with E-state index in [1.54, 1.807) is 0 Å². The van der Waals surface area contributed by atoms with Crippen LogP contribution in [0.5, 0.6) is 0 Å². The third kappa shape index (κ3) is 1.69. The van der Waals surface area contributed by atoms with E-state index in [1.807, 2.05) is 0 Å². The lowest BCUT2D eigenvalue weighted by atomic mass is 10.3. The molecule has 1 aromatic rings. The quantitative estimate of drug-likeness (QED) is 0.665. The van der Waals surface area contributed by atoms with E-state index < -0.39 is 5.54 Å². The molecule has 1 aromatic heterocycles. The molecule has 6 nitrogen and oxygen atoms in total. The van der Waals surface area contributed by atoms with Crippen molar-refractivity contribution in [1.82, 2.24) is 20.5 Å². The van der Waals surface area contributed by atoms with Gasteiger partial charge in [-0.2, -0.15) is 0 Å². The minimum Gasteiger partial charge on any atom is -0.394 e. The van der Waals surface area contributed by atoms with E-state index in [4.69, 9.17) is 5.11 Å². The number of rotatable bonds is 4. The SMILES string of the molecule is O=C(NC1(CO)CC1)c1n[nH]c(C2CC2)n1. The van der Waals surface area contributed by atoms with Crippen LogP contribution in [0.1, 0.15) is 48.0 Å². The first-order valence-electron chi connectivity index (χ1n) is 5.58. The lowest BCUT2D eigenvalue weighted by Crippen LogP contribution is -2.40. The summed E-state index contributed by atoms with van der Waals surface area (Å²) in [5.74, 6) is 1.15. The van der Waals surface area contributed by atoms with Gasteiger partial charge in [0.25, 0.3) is 5.91 Å². The predicted octanol–water partition coefficient (Wildman–Crippen LogP) is -0.0632. The smallest absolute Gasteiger partial charge is 0.291 e. The molecular formula is C10H14N4O2. The van der Waals surface area contributed by atoms with Crippen LogP contribution < -0.4 is 5.32 Å². The maximum atomic E-state index is 11.7. The van der Waals surface area contributed by atoms with Crippen molar-refractivity contribution in [1.29, 1.82) is 0 Å². The Morgan fingerprint density at radius 1 is 1.56 bits per heavy atom. The van der Waals surface area contributed by atoms with Crippen molar-refractivity contribution in [3.05, 3.63) is 11.6 Å². The van der Waals surface area contributed by atoms with Gasteiger partial charge in [-0.25, -0.2) is 4.98 Å². The van der Waals surface area contributed by atoms with Crippen LogP contribution in [0.2, 0.25) is 0 Å². The summed E-state index contributed by atoms with van der Waals surface area (Å²) in [6, 6.07) is 0. The highest BCUT2D eigenvalue weighted by atomic mass is 16.3. The molecule has 2 aliphatic carbocycles. The number of nitrogens with one attached hydrogen (secondary N) is 2. The fraction of sp³-hybridized carbons (Fsp3) is 0.700. The molecule has 6 heteroatoms. The number of hydrogen-bond donors (Lipinski definition) is 3. The van der Waals surface area contributed by atoms with Crippen LogP contribution in [0.3, 0.4) is 0 Å². The van der Waals surface area contributed by atoms with Crippen molar-refractivity contribution in [2.75, 3.05) is 6.61 Å². The van der Waals surface area contributed by atoms with Crippen molar-refractivity contribution in [2.45, 2.75) is 37.1 Å². The monoisotopic (exact) mass is 222 g/mol. The number of hydrogen-bond acceptors (Lipinski definition) is 4. The fourth-order valence-electron chi connectivity index (χ4n) is 1.69. The van der Waals surface area contributed by atoms with E-state index in [0.29, 0.717) is 5.92 Å². The van der Waals surface area contributed by atoms with Crippen molar-refractivity contribution in [3.8, 4) is 0 Å². The number of carbonyl (C=O) groups excluding carboxylic acids is 1. The summed E-state index contributed by atoms with van der Waals surface area (Å²) >= 11 is 0. The van der Waals surface area contributed by atoms with Crippen LogP contribution in [0.25, 0.3) is 0 Å². The molecule has 2 fully saturated rings. The molecule has 2 saturated carbocycles. The number of nitrogens with zero attached hydrogens (tertiary/aromatic N) is 2. The van der Waals surface area contributed by atoms with Crippen molar-refractivity contribution >= 4 is 5.91 Å². The Balaban J connectivity index is 1.68. The lowest BCUT2D eigenvalue weighted by molar-refractivity contribution is 0.0896. The molecule has 0 unspecified atom stereocenters. The average Bonchev–Trinajstić information content (AvgIpc) is 3.21. The minimum absolute atomic E-state index is 0.0152. The second-order valence-electron chi connectivity index (χ2n) is 4.71. The molecule has 0 spiro atoms. The highest BCUT2D eigenvalue weighted by Gasteiger charge is 2.44. The number of H-pyrrole nitrogens is 1. The first-order chi connectivity index (χ1) is 7.72. The second-order valence-corrected chi connectivity index (χ2v) is 4.71. The molecule has 0 saturated heterocycles. The Hall–Kier alpha value is -1.43. The molecule has 1 heterocycles. The van der Waals surface area contributed by atoms with Crippen LogP contribution in [0.15, 0.2) is 0 Å². The molecule has 86 valence electrons. The van der Waals surface area contributed by atoms with Gasteiger partial charge in [0, 0.05) is 5.92 Å². The largest absolute Gasteiger partial charge is 0.394 e. The van der Waals surface area contributed by atoms with E-state index in [-0.39, 0.29) is 18.3 Å². The predicted molar refractivity (Wildman–Crippen MR) is 54.9 cm³/mol. The number of aliphatic hydroxyl groups is 1. The molecule has 3 N–H and O–H groups in total. The minimum atomic E-state index is -0.405. The second kappa shape index (κ2) is 3.28. The summed E-state index contributed by atoms with van der Waals surface area (Å²) in [4.78, 5) is 15.9. The Morgan fingerprint density at radius 2 is 2.31 bits per heavy atom. The van der Waals surface area contributed by atoms with E-state index in [0.717, 1.165) is 31.5 Å².